The van der Waals surface area contributed by atoms with E-state index < -0.39 is 0 Å². The van der Waals surface area contributed by atoms with Crippen LogP contribution in [0.3, 0.4) is 0 Å². The molecule has 1 fully saturated rings. The quantitative estimate of drug-likeness (QED) is 0.546. The standard InChI is InChI=1S/C17H16N8O/c1-23-13(19-15(21-23)11-7-8-11)9-24-10-18-16-14(17(24)26)20-22-25(16)12-5-3-2-4-6-12/h2-6,10-11H,7-9H2,1H3. The molecule has 1 aliphatic rings. The van der Waals surface area contributed by atoms with Gasteiger partial charge in [0.1, 0.15) is 12.2 Å². The largest absolute Gasteiger partial charge is 0.289 e. The molecular formula is C17H16N8O. The number of aromatic nitrogens is 8. The number of nitrogens with zero attached hydrogens (tertiary/aromatic N) is 8. The van der Waals surface area contributed by atoms with Gasteiger partial charge in [-0.1, -0.05) is 23.4 Å². The van der Waals surface area contributed by atoms with Crippen LogP contribution in [0, 0.1) is 0 Å². The van der Waals surface area contributed by atoms with Crippen molar-refractivity contribution in [1.29, 1.82) is 0 Å². The number of fused-ring (bicyclic) bond motifs is 1. The maximum absolute atomic E-state index is 12.8. The Morgan fingerprint density at radius 2 is 2.00 bits per heavy atom. The van der Waals surface area contributed by atoms with E-state index in [2.05, 4.69) is 25.4 Å². The lowest BCUT2D eigenvalue weighted by Crippen LogP contribution is -2.23. The summed E-state index contributed by atoms with van der Waals surface area (Å²) in [6.07, 6.45) is 3.79. The fourth-order valence-electron chi connectivity index (χ4n) is 2.94. The highest BCUT2D eigenvalue weighted by Gasteiger charge is 2.28. The van der Waals surface area contributed by atoms with Gasteiger partial charge in [0.2, 0.25) is 0 Å². The molecule has 1 aromatic carbocycles. The summed E-state index contributed by atoms with van der Waals surface area (Å²) in [6, 6.07) is 9.49. The molecule has 3 heterocycles. The minimum atomic E-state index is -0.242. The summed E-state index contributed by atoms with van der Waals surface area (Å²) in [7, 11) is 1.84. The molecule has 0 bridgehead atoms. The van der Waals surface area contributed by atoms with Gasteiger partial charge in [0, 0.05) is 13.0 Å². The average Bonchev–Trinajstić information content (AvgIpc) is 3.32. The first kappa shape index (κ1) is 14.9. The Bertz CT molecular complexity index is 1150. The fourth-order valence-corrected chi connectivity index (χ4v) is 2.94. The molecule has 0 N–H and O–H groups in total. The summed E-state index contributed by atoms with van der Waals surface area (Å²) < 4.78 is 4.78. The molecule has 5 rings (SSSR count). The Kier molecular flexibility index (Phi) is 3.21. The second kappa shape index (κ2) is 5.58. The number of benzene rings is 1. The van der Waals surface area contributed by atoms with Crippen LogP contribution < -0.4 is 5.56 Å². The van der Waals surface area contributed by atoms with Crippen LogP contribution in [0.2, 0.25) is 0 Å². The molecule has 0 radical (unpaired) electrons. The number of hydrogen-bond acceptors (Lipinski definition) is 6. The van der Waals surface area contributed by atoms with Crippen LogP contribution in [-0.2, 0) is 13.6 Å². The molecule has 4 aromatic rings. The third-order valence-corrected chi connectivity index (χ3v) is 4.55. The van der Waals surface area contributed by atoms with Crippen LogP contribution in [0.15, 0.2) is 41.5 Å². The molecule has 0 atom stereocenters. The van der Waals surface area contributed by atoms with Crippen molar-refractivity contribution in [1.82, 2.24) is 39.3 Å². The Balaban J connectivity index is 1.54. The van der Waals surface area contributed by atoms with E-state index in [9.17, 15) is 4.79 Å². The van der Waals surface area contributed by atoms with Crippen molar-refractivity contribution < 1.29 is 0 Å². The minimum absolute atomic E-state index is 0.237. The van der Waals surface area contributed by atoms with Crippen molar-refractivity contribution in [2.45, 2.75) is 25.3 Å². The Morgan fingerprint density at radius 3 is 2.77 bits per heavy atom. The predicted octanol–water partition coefficient (Wildman–Crippen LogP) is 1.03. The van der Waals surface area contributed by atoms with E-state index in [0.29, 0.717) is 18.1 Å². The molecule has 1 saturated carbocycles. The molecule has 0 unspecified atom stereocenters. The summed E-state index contributed by atoms with van der Waals surface area (Å²) >= 11 is 0. The summed E-state index contributed by atoms with van der Waals surface area (Å²) in [5.74, 6) is 2.06. The SMILES string of the molecule is Cn1nc(C2CC2)nc1Cn1cnc2c(nnn2-c2ccccc2)c1=O. The smallest absolute Gasteiger partial charge is 0.283 e. The molecule has 0 spiro atoms. The van der Waals surface area contributed by atoms with Crippen LogP contribution in [0.4, 0.5) is 0 Å². The van der Waals surface area contributed by atoms with Crippen molar-refractivity contribution in [2.75, 3.05) is 0 Å². The maximum atomic E-state index is 12.8. The molecule has 9 nitrogen and oxygen atoms in total. The van der Waals surface area contributed by atoms with E-state index in [-0.39, 0.29) is 11.1 Å². The van der Waals surface area contributed by atoms with E-state index in [1.54, 1.807) is 9.36 Å². The molecule has 26 heavy (non-hydrogen) atoms. The second-order valence-corrected chi connectivity index (χ2v) is 6.47. The van der Waals surface area contributed by atoms with Gasteiger partial charge in [-0.3, -0.25) is 14.0 Å². The lowest BCUT2D eigenvalue weighted by Gasteiger charge is -2.04. The van der Waals surface area contributed by atoms with E-state index in [1.165, 1.54) is 10.9 Å². The third-order valence-electron chi connectivity index (χ3n) is 4.55. The van der Waals surface area contributed by atoms with Crippen LogP contribution in [0.25, 0.3) is 16.9 Å². The normalized spacial score (nSPS) is 14.2. The molecule has 130 valence electrons. The zero-order valence-corrected chi connectivity index (χ0v) is 14.1. The lowest BCUT2D eigenvalue weighted by molar-refractivity contribution is 0.635. The van der Waals surface area contributed by atoms with Gasteiger partial charge in [-0.15, -0.1) is 5.10 Å². The average molecular weight is 348 g/mol. The molecule has 0 amide bonds. The maximum Gasteiger partial charge on any atom is 0.283 e. The van der Waals surface area contributed by atoms with Crippen LogP contribution in [-0.4, -0.2) is 39.3 Å². The number of aryl methyl sites for hydroxylation is 1. The van der Waals surface area contributed by atoms with Gasteiger partial charge in [0.05, 0.1) is 12.2 Å². The van der Waals surface area contributed by atoms with Crippen molar-refractivity contribution in [2.24, 2.45) is 7.05 Å². The van der Waals surface area contributed by atoms with Crippen LogP contribution >= 0.6 is 0 Å². The summed E-state index contributed by atoms with van der Waals surface area (Å²) in [5, 5.41) is 12.6. The highest BCUT2D eigenvalue weighted by molar-refractivity contribution is 5.70. The predicted molar refractivity (Wildman–Crippen MR) is 93.0 cm³/mol. The van der Waals surface area contributed by atoms with Gasteiger partial charge in [-0.2, -0.15) is 9.78 Å². The molecule has 0 aliphatic heterocycles. The fraction of sp³-hybridized carbons (Fsp3) is 0.294. The molecule has 9 heteroatoms. The zero-order valence-electron chi connectivity index (χ0n) is 14.1. The number of rotatable bonds is 4. The molecule has 3 aromatic heterocycles. The van der Waals surface area contributed by atoms with E-state index in [0.717, 1.165) is 30.2 Å². The van der Waals surface area contributed by atoms with Gasteiger partial charge in [0.15, 0.2) is 17.0 Å². The van der Waals surface area contributed by atoms with E-state index in [1.807, 2.05) is 37.4 Å². The van der Waals surface area contributed by atoms with Crippen molar-refractivity contribution in [3.8, 4) is 5.69 Å². The van der Waals surface area contributed by atoms with Crippen molar-refractivity contribution in [3.05, 3.63) is 58.7 Å². The van der Waals surface area contributed by atoms with E-state index >= 15 is 0 Å². The summed E-state index contributed by atoms with van der Waals surface area (Å²) in [5.41, 5.74) is 1.24. The molecular weight excluding hydrogens is 332 g/mol. The number of para-hydroxylation sites is 1. The first-order chi connectivity index (χ1) is 12.7. The summed E-state index contributed by atoms with van der Waals surface area (Å²) in [4.78, 5) is 21.8. The van der Waals surface area contributed by atoms with Crippen LogP contribution in [0.1, 0.15) is 30.4 Å². The van der Waals surface area contributed by atoms with Gasteiger partial charge in [-0.05, 0) is 25.0 Å². The monoisotopic (exact) mass is 348 g/mol. The van der Waals surface area contributed by atoms with Gasteiger partial charge in [0.25, 0.3) is 5.56 Å². The second-order valence-electron chi connectivity index (χ2n) is 6.47. The first-order valence-electron chi connectivity index (χ1n) is 8.47. The van der Waals surface area contributed by atoms with Crippen molar-refractivity contribution in [3.63, 3.8) is 0 Å². The Hall–Kier alpha value is -3.36. The highest BCUT2D eigenvalue weighted by Crippen LogP contribution is 2.38. The minimum Gasteiger partial charge on any atom is -0.289 e. The van der Waals surface area contributed by atoms with Crippen LogP contribution in [0.5, 0.6) is 0 Å². The van der Waals surface area contributed by atoms with Crippen molar-refractivity contribution >= 4 is 11.2 Å². The summed E-state index contributed by atoms with van der Waals surface area (Å²) in [6.45, 7) is 0.302. The van der Waals surface area contributed by atoms with E-state index in [4.69, 9.17) is 0 Å². The Morgan fingerprint density at radius 1 is 1.19 bits per heavy atom. The third kappa shape index (κ3) is 2.40. The number of hydrogen-bond donors (Lipinski definition) is 0. The van der Waals surface area contributed by atoms with Gasteiger partial charge >= 0.3 is 0 Å². The van der Waals surface area contributed by atoms with Gasteiger partial charge in [-0.25, -0.2) is 9.97 Å². The lowest BCUT2D eigenvalue weighted by atomic mass is 10.3. The topological polar surface area (TPSA) is 96.3 Å². The molecule has 1 aliphatic carbocycles. The Labute approximate surface area is 147 Å². The first-order valence-corrected chi connectivity index (χ1v) is 8.47. The highest BCUT2D eigenvalue weighted by atomic mass is 16.1. The zero-order chi connectivity index (χ0) is 17.7. The van der Waals surface area contributed by atoms with Gasteiger partial charge < -0.3 is 0 Å². The molecule has 0 saturated heterocycles.